The second-order valence-electron chi connectivity index (χ2n) is 7.31. The summed E-state index contributed by atoms with van der Waals surface area (Å²) in [6.45, 7) is 1.46. The number of aryl methyl sites for hydroxylation is 1. The maximum atomic E-state index is 6.39. The van der Waals surface area contributed by atoms with Gasteiger partial charge in [-0.05, 0) is 48.4 Å². The van der Waals surface area contributed by atoms with Gasteiger partial charge in [0.25, 0.3) is 0 Å². The van der Waals surface area contributed by atoms with Crippen LogP contribution >= 0.6 is 24.0 Å². The first-order chi connectivity index (χ1) is 14.6. The zero-order chi connectivity index (χ0) is 20.8. The minimum atomic E-state index is -0.728. The van der Waals surface area contributed by atoms with E-state index in [-0.39, 0.29) is 18.5 Å². The molecule has 2 heterocycles. The van der Waals surface area contributed by atoms with E-state index in [1.165, 1.54) is 5.56 Å². The fourth-order valence-electron chi connectivity index (χ4n) is 3.50. The van der Waals surface area contributed by atoms with E-state index in [4.69, 9.17) is 30.5 Å². The third kappa shape index (κ3) is 6.37. The average Bonchev–Trinajstić information content (AvgIpc) is 3.43. The van der Waals surface area contributed by atoms with Crippen molar-refractivity contribution in [3.8, 4) is 11.5 Å². The SMILES string of the molecule is COc1ccc(OCC2COC(CCc3ccc(Cl)cc3)(Cn3ccnc3)O2)cc1.Cl. The molecule has 0 N–H and O–H groups in total. The Kier molecular flexibility index (Phi) is 8.21. The van der Waals surface area contributed by atoms with E-state index in [1.54, 1.807) is 19.6 Å². The molecule has 3 aromatic rings. The summed E-state index contributed by atoms with van der Waals surface area (Å²) in [5.41, 5.74) is 1.19. The van der Waals surface area contributed by atoms with E-state index in [2.05, 4.69) is 4.98 Å². The van der Waals surface area contributed by atoms with Crippen LogP contribution in [0.25, 0.3) is 0 Å². The molecule has 31 heavy (non-hydrogen) atoms. The highest BCUT2D eigenvalue weighted by atomic mass is 35.5. The summed E-state index contributed by atoms with van der Waals surface area (Å²) in [5.74, 6) is 0.839. The number of hydrogen-bond donors (Lipinski definition) is 0. The highest BCUT2D eigenvalue weighted by Gasteiger charge is 2.42. The van der Waals surface area contributed by atoms with Crippen LogP contribution < -0.4 is 9.47 Å². The molecule has 2 atom stereocenters. The monoisotopic (exact) mass is 464 g/mol. The fourth-order valence-corrected chi connectivity index (χ4v) is 3.62. The van der Waals surface area contributed by atoms with Crippen LogP contribution in [0.5, 0.6) is 11.5 Å². The molecule has 0 aliphatic carbocycles. The molecular weight excluding hydrogens is 439 g/mol. The summed E-state index contributed by atoms with van der Waals surface area (Å²) in [6.07, 6.45) is 6.83. The van der Waals surface area contributed by atoms with Crippen LogP contribution in [-0.4, -0.2) is 41.8 Å². The molecule has 0 radical (unpaired) electrons. The first-order valence-electron chi connectivity index (χ1n) is 9.93. The zero-order valence-corrected chi connectivity index (χ0v) is 18.8. The van der Waals surface area contributed by atoms with Gasteiger partial charge in [-0.3, -0.25) is 0 Å². The number of halogens is 2. The van der Waals surface area contributed by atoms with E-state index in [1.807, 2.05) is 59.3 Å². The predicted octanol–water partition coefficient (Wildman–Crippen LogP) is 4.79. The van der Waals surface area contributed by atoms with E-state index in [0.29, 0.717) is 26.2 Å². The van der Waals surface area contributed by atoms with Crippen molar-refractivity contribution in [2.45, 2.75) is 31.3 Å². The Morgan fingerprint density at radius 2 is 1.87 bits per heavy atom. The Bertz CT molecular complexity index is 920. The van der Waals surface area contributed by atoms with Crippen molar-refractivity contribution in [1.29, 1.82) is 0 Å². The summed E-state index contributed by atoms with van der Waals surface area (Å²) in [7, 11) is 1.64. The van der Waals surface area contributed by atoms with Gasteiger partial charge in [0.05, 0.1) is 26.6 Å². The first kappa shape index (κ1) is 23.4. The van der Waals surface area contributed by atoms with Gasteiger partial charge in [0.1, 0.15) is 24.2 Å². The lowest BCUT2D eigenvalue weighted by molar-refractivity contribution is -0.184. The van der Waals surface area contributed by atoms with Crippen LogP contribution in [0.2, 0.25) is 5.02 Å². The van der Waals surface area contributed by atoms with Crippen LogP contribution in [0.1, 0.15) is 12.0 Å². The number of hydrogen-bond acceptors (Lipinski definition) is 5. The van der Waals surface area contributed by atoms with Crippen LogP contribution in [0.4, 0.5) is 0 Å². The number of ether oxygens (including phenoxy) is 4. The molecule has 6 nitrogen and oxygen atoms in total. The second kappa shape index (κ2) is 10.9. The summed E-state index contributed by atoms with van der Waals surface area (Å²) < 4.78 is 25.6. The Balaban J connectivity index is 0.00000272. The molecule has 1 aliphatic heterocycles. The molecule has 2 aromatic carbocycles. The molecule has 4 rings (SSSR count). The van der Waals surface area contributed by atoms with Crippen molar-refractivity contribution in [1.82, 2.24) is 9.55 Å². The molecule has 0 bridgehead atoms. The highest BCUT2D eigenvalue weighted by Crippen LogP contribution is 2.31. The number of aromatic nitrogens is 2. The third-order valence-corrected chi connectivity index (χ3v) is 5.35. The number of benzene rings is 2. The van der Waals surface area contributed by atoms with Crippen molar-refractivity contribution < 1.29 is 18.9 Å². The Morgan fingerprint density at radius 3 is 2.55 bits per heavy atom. The standard InChI is InChI=1S/C23H25ClN2O4.ClH/c1-27-20-6-8-21(9-7-20)28-14-22-15-29-23(30-22,16-26-13-12-25-17-26)11-10-18-2-4-19(24)5-3-18;/h2-9,12-13,17,22H,10-11,14-16H2,1H3;1H. The lowest BCUT2D eigenvalue weighted by Gasteiger charge is -2.28. The minimum Gasteiger partial charge on any atom is -0.497 e. The van der Waals surface area contributed by atoms with E-state index in [0.717, 1.165) is 22.9 Å². The van der Waals surface area contributed by atoms with Crippen molar-refractivity contribution in [3.63, 3.8) is 0 Å². The van der Waals surface area contributed by atoms with Crippen molar-refractivity contribution >= 4 is 24.0 Å². The van der Waals surface area contributed by atoms with Gasteiger partial charge in [0.15, 0.2) is 5.79 Å². The van der Waals surface area contributed by atoms with Crippen LogP contribution in [0.3, 0.4) is 0 Å². The number of rotatable bonds is 9. The molecule has 1 saturated heterocycles. The molecule has 166 valence electrons. The quantitative estimate of drug-likeness (QED) is 0.455. The lowest BCUT2D eigenvalue weighted by Crippen LogP contribution is -2.37. The maximum Gasteiger partial charge on any atom is 0.187 e. The van der Waals surface area contributed by atoms with Gasteiger partial charge in [-0.2, -0.15) is 0 Å². The van der Waals surface area contributed by atoms with Gasteiger partial charge < -0.3 is 23.5 Å². The van der Waals surface area contributed by atoms with Gasteiger partial charge >= 0.3 is 0 Å². The van der Waals surface area contributed by atoms with Crippen LogP contribution in [0.15, 0.2) is 67.3 Å². The summed E-state index contributed by atoms with van der Waals surface area (Å²) >= 11 is 6.00. The molecule has 2 unspecified atom stereocenters. The molecule has 1 aromatic heterocycles. The minimum absolute atomic E-state index is 0. The van der Waals surface area contributed by atoms with Gasteiger partial charge in [0.2, 0.25) is 0 Å². The molecule has 1 aliphatic rings. The van der Waals surface area contributed by atoms with E-state index >= 15 is 0 Å². The zero-order valence-electron chi connectivity index (χ0n) is 17.3. The van der Waals surface area contributed by atoms with Crippen molar-refractivity contribution in [2.24, 2.45) is 0 Å². The van der Waals surface area contributed by atoms with Gasteiger partial charge in [-0.1, -0.05) is 23.7 Å². The van der Waals surface area contributed by atoms with Crippen LogP contribution in [0, 0.1) is 0 Å². The molecule has 1 fully saturated rings. The normalized spacial score (nSPS) is 20.3. The predicted molar refractivity (Wildman–Crippen MR) is 121 cm³/mol. The molecule has 8 heteroatoms. The van der Waals surface area contributed by atoms with E-state index in [9.17, 15) is 0 Å². The summed E-state index contributed by atoms with van der Waals surface area (Å²) in [4.78, 5) is 4.13. The first-order valence-corrected chi connectivity index (χ1v) is 10.3. The van der Waals surface area contributed by atoms with Gasteiger partial charge in [-0.15, -0.1) is 12.4 Å². The van der Waals surface area contributed by atoms with Gasteiger partial charge in [-0.25, -0.2) is 4.98 Å². The number of methoxy groups -OCH3 is 1. The fraction of sp³-hybridized carbons (Fsp3) is 0.348. The third-order valence-electron chi connectivity index (χ3n) is 5.10. The van der Waals surface area contributed by atoms with E-state index < -0.39 is 5.79 Å². The molecule has 0 amide bonds. The molecule has 0 spiro atoms. The Labute approximate surface area is 193 Å². The Morgan fingerprint density at radius 1 is 1.13 bits per heavy atom. The average molecular weight is 465 g/mol. The number of nitrogens with zero attached hydrogens (tertiary/aromatic N) is 2. The van der Waals surface area contributed by atoms with Crippen LogP contribution in [-0.2, 0) is 22.4 Å². The molecule has 0 saturated carbocycles. The lowest BCUT2D eigenvalue weighted by atomic mass is 10.0. The maximum absolute atomic E-state index is 6.39. The smallest absolute Gasteiger partial charge is 0.187 e. The highest BCUT2D eigenvalue weighted by molar-refractivity contribution is 6.30. The topological polar surface area (TPSA) is 54.7 Å². The molecular formula is C23H26Cl2N2O4. The second-order valence-corrected chi connectivity index (χ2v) is 7.75. The number of imidazole rings is 1. The van der Waals surface area contributed by atoms with Crippen molar-refractivity contribution in [3.05, 3.63) is 77.8 Å². The van der Waals surface area contributed by atoms with Gasteiger partial charge in [0, 0.05) is 23.8 Å². The Hall–Kier alpha value is -2.25. The van der Waals surface area contributed by atoms with Crippen molar-refractivity contribution in [2.75, 3.05) is 20.3 Å². The summed E-state index contributed by atoms with van der Waals surface area (Å²) in [5, 5.41) is 0.732. The largest absolute Gasteiger partial charge is 0.497 e. The summed E-state index contributed by atoms with van der Waals surface area (Å²) in [6, 6.07) is 15.4.